The second-order valence-electron chi connectivity index (χ2n) is 4.38. The lowest BCUT2D eigenvalue weighted by Crippen LogP contribution is -2.17. The van der Waals surface area contributed by atoms with E-state index < -0.39 is 17.7 Å². The van der Waals surface area contributed by atoms with Crippen LogP contribution in [0.2, 0.25) is 0 Å². The zero-order valence-electron chi connectivity index (χ0n) is 10.5. The van der Waals surface area contributed by atoms with Crippen molar-refractivity contribution in [3.05, 3.63) is 52.3 Å². The maximum atomic E-state index is 14.0. The number of hydrogen-bond acceptors (Lipinski definition) is 2. The Morgan fingerprint density at radius 1 is 1.28 bits per heavy atom. The molecule has 0 aliphatic rings. The van der Waals surface area contributed by atoms with Crippen molar-refractivity contribution in [2.45, 2.75) is 19.9 Å². The van der Waals surface area contributed by atoms with Gasteiger partial charge in [-0.3, -0.25) is 4.68 Å². The first-order valence-electron chi connectivity index (χ1n) is 5.62. The molecule has 96 valence electrons. The van der Waals surface area contributed by atoms with Gasteiger partial charge in [0.15, 0.2) is 0 Å². The molecule has 3 nitrogen and oxygen atoms in total. The fourth-order valence-corrected chi connectivity index (χ4v) is 1.94. The standard InChI is InChI=1S/C13H15F2N3/c1-7-4-5-10(14)11(12(7)15)13(16)9-6-17-18(3)8(9)2/h4-6,13H,16H2,1-3H3. The van der Waals surface area contributed by atoms with Crippen LogP contribution in [0.5, 0.6) is 0 Å². The molecule has 0 fully saturated rings. The van der Waals surface area contributed by atoms with E-state index in [1.807, 2.05) is 6.92 Å². The molecule has 1 heterocycles. The molecule has 0 spiro atoms. The molecule has 2 rings (SSSR count). The summed E-state index contributed by atoms with van der Waals surface area (Å²) in [6.45, 7) is 3.40. The molecular weight excluding hydrogens is 236 g/mol. The molecule has 0 amide bonds. The van der Waals surface area contributed by atoms with Gasteiger partial charge in [-0.05, 0) is 25.5 Å². The third-order valence-corrected chi connectivity index (χ3v) is 3.24. The highest BCUT2D eigenvalue weighted by Gasteiger charge is 2.22. The molecule has 0 saturated heterocycles. The summed E-state index contributed by atoms with van der Waals surface area (Å²) in [6, 6.07) is 1.79. The van der Waals surface area contributed by atoms with Gasteiger partial charge >= 0.3 is 0 Å². The topological polar surface area (TPSA) is 43.8 Å². The molecular formula is C13H15F2N3. The van der Waals surface area contributed by atoms with Crippen molar-refractivity contribution in [2.24, 2.45) is 12.8 Å². The van der Waals surface area contributed by atoms with Crippen molar-refractivity contribution in [3.8, 4) is 0 Å². The summed E-state index contributed by atoms with van der Waals surface area (Å²) in [5.74, 6) is -1.22. The van der Waals surface area contributed by atoms with Crippen molar-refractivity contribution >= 4 is 0 Å². The fourth-order valence-electron chi connectivity index (χ4n) is 1.94. The summed E-state index contributed by atoms with van der Waals surface area (Å²) in [4.78, 5) is 0. The number of aryl methyl sites for hydroxylation is 2. The predicted octanol–water partition coefficient (Wildman–Crippen LogP) is 2.36. The minimum Gasteiger partial charge on any atom is -0.320 e. The van der Waals surface area contributed by atoms with Crippen LogP contribution in [0.4, 0.5) is 8.78 Å². The van der Waals surface area contributed by atoms with E-state index in [9.17, 15) is 8.78 Å². The third-order valence-electron chi connectivity index (χ3n) is 3.24. The van der Waals surface area contributed by atoms with E-state index in [-0.39, 0.29) is 5.56 Å². The van der Waals surface area contributed by atoms with Crippen LogP contribution >= 0.6 is 0 Å². The molecule has 2 aromatic rings. The van der Waals surface area contributed by atoms with E-state index in [0.717, 1.165) is 5.69 Å². The highest BCUT2D eigenvalue weighted by Crippen LogP contribution is 2.28. The molecule has 0 saturated carbocycles. The van der Waals surface area contributed by atoms with Gasteiger partial charge in [-0.15, -0.1) is 0 Å². The maximum absolute atomic E-state index is 14.0. The minimum atomic E-state index is -0.849. The smallest absolute Gasteiger partial charge is 0.134 e. The van der Waals surface area contributed by atoms with Crippen LogP contribution in [-0.4, -0.2) is 9.78 Å². The van der Waals surface area contributed by atoms with Crippen LogP contribution in [-0.2, 0) is 7.05 Å². The molecule has 0 bridgehead atoms. The predicted molar refractivity (Wildman–Crippen MR) is 65.1 cm³/mol. The monoisotopic (exact) mass is 251 g/mol. The van der Waals surface area contributed by atoms with E-state index in [1.54, 1.807) is 24.9 Å². The Hall–Kier alpha value is -1.75. The molecule has 0 aliphatic carbocycles. The Morgan fingerprint density at radius 2 is 1.94 bits per heavy atom. The number of halogens is 2. The number of nitrogens with zero attached hydrogens (tertiary/aromatic N) is 2. The summed E-state index contributed by atoms with van der Waals surface area (Å²) >= 11 is 0. The average Bonchev–Trinajstić information content (AvgIpc) is 2.65. The Morgan fingerprint density at radius 3 is 2.50 bits per heavy atom. The van der Waals surface area contributed by atoms with E-state index in [2.05, 4.69) is 5.10 Å². The van der Waals surface area contributed by atoms with Gasteiger partial charge in [0.25, 0.3) is 0 Å². The van der Waals surface area contributed by atoms with Gasteiger partial charge < -0.3 is 5.73 Å². The number of rotatable bonds is 2. The summed E-state index contributed by atoms with van der Waals surface area (Å²) in [5.41, 5.74) is 7.66. The normalized spacial score (nSPS) is 12.8. The second kappa shape index (κ2) is 4.49. The average molecular weight is 251 g/mol. The summed E-state index contributed by atoms with van der Waals surface area (Å²) < 4.78 is 29.4. The molecule has 1 aromatic carbocycles. The molecule has 18 heavy (non-hydrogen) atoms. The van der Waals surface area contributed by atoms with Crippen molar-refractivity contribution < 1.29 is 8.78 Å². The first kappa shape index (κ1) is 12.7. The fraction of sp³-hybridized carbons (Fsp3) is 0.308. The van der Waals surface area contributed by atoms with Crippen LogP contribution < -0.4 is 5.73 Å². The van der Waals surface area contributed by atoms with E-state index >= 15 is 0 Å². The highest BCUT2D eigenvalue weighted by molar-refractivity contribution is 5.36. The minimum absolute atomic E-state index is 0.105. The van der Waals surface area contributed by atoms with Gasteiger partial charge in [-0.2, -0.15) is 5.10 Å². The first-order chi connectivity index (χ1) is 8.43. The molecule has 5 heteroatoms. The van der Waals surface area contributed by atoms with Crippen LogP contribution in [0.1, 0.15) is 28.4 Å². The molecule has 1 aromatic heterocycles. The van der Waals surface area contributed by atoms with Gasteiger partial charge in [0, 0.05) is 23.9 Å². The van der Waals surface area contributed by atoms with Gasteiger partial charge in [0.2, 0.25) is 0 Å². The zero-order chi connectivity index (χ0) is 13.4. The van der Waals surface area contributed by atoms with Gasteiger partial charge in [0.1, 0.15) is 11.6 Å². The Labute approximate surface area is 104 Å². The molecule has 0 radical (unpaired) electrons. The van der Waals surface area contributed by atoms with Crippen LogP contribution in [0.15, 0.2) is 18.3 Å². The molecule has 0 aliphatic heterocycles. The number of benzene rings is 1. The van der Waals surface area contributed by atoms with Crippen LogP contribution in [0.3, 0.4) is 0 Å². The number of aromatic nitrogens is 2. The summed E-state index contributed by atoms with van der Waals surface area (Å²) in [7, 11) is 1.76. The Kier molecular flexibility index (Phi) is 3.17. The first-order valence-corrected chi connectivity index (χ1v) is 5.62. The SMILES string of the molecule is Cc1ccc(F)c(C(N)c2cnn(C)c2C)c1F. The number of hydrogen-bond donors (Lipinski definition) is 1. The largest absolute Gasteiger partial charge is 0.320 e. The number of nitrogens with two attached hydrogens (primary N) is 1. The molecule has 1 atom stereocenters. The van der Waals surface area contributed by atoms with Crippen molar-refractivity contribution in [1.29, 1.82) is 0 Å². The van der Waals surface area contributed by atoms with Crippen LogP contribution in [0, 0.1) is 25.5 Å². The van der Waals surface area contributed by atoms with E-state index in [0.29, 0.717) is 11.1 Å². The van der Waals surface area contributed by atoms with E-state index in [1.165, 1.54) is 12.1 Å². The highest BCUT2D eigenvalue weighted by atomic mass is 19.1. The van der Waals surface area contributed by atoms with Gasteiger partial charge in [-0.1, -0.05) is 6.07 Å². The van der Waals surface area contributed by atoms with Crippen LogP contribution in [0.25, 0.3) is 0 Å². The van der Waals surface area contributed by atoms with Crippen molar-refractivity contribution in [3.63, 3.8) is 0 Å². The summed E-state index contributed by atoms with van der Waals surface area (Å²) in [5, 5.41) is 4.04. The second-order valence-corrected chi connectivity index (χ2v) is 4.38. The summed E-state index contributed by atoms with van der Waals surface area (Å²) in [6.07, 6.45) is 1.54. The molecule has 2 N–H and O–H groups in total. The van der Waals surface area contributed by atoms with E-state index in [4.69, 9.17) is 5.73 Å². The quantitative estimate of drug-likeness (QED) is 0.890. The van der Waals surface area contributed by atoms with Crippen molar-refractivity contribution in [2.75, 3.05) is 0 Å². The maximum Gasteiger partial charge on any atom is 0.134 e. The molecule has 1 unspecified atom stereocenters. The Bertz CT molecular complexity index is 590. The zero-order valence-corrected chi connectivity index (χ0v) is 10.5. The Balaban J connectivity index is 2.56. The lowest BCUT2D eigenvalue weighted by Gasteiger charge is -2.15. The van der Waals surface area contributed by atoms with Crippen molar-refractivity contribution in [1.82, 2.24) is 9.78 Å². The lowest BCUT2D eigenvalue weighted by atomic mass is 9.97. The third kappa shape index (κ3) is 1.90. The lowest BCUT2D eigenvalue weighted by molar-refractivity contribution is 0.537. The van der Waals surface area contributed by atoms with Gasteiger partial charge in [-0.25, -0.2) is 8.78 Å². The van der Waals surface area contributed by atoms with Gasteiger partial charge in [0.05, 0.1) is 12.2 Å².